The second-order valence-electron chi connectivity index (χ2n) is 12.2. The van der Waals surface area contributed by atoms with Crippen LogP contribution in [0, 0.1) is 24.5 Å². The second kappa shape index (κ2) is 11.4. The molecule has 5 nitrogen and oxygen atoms in total. The molecule has 9 rings (SSSR count). The van der Waals surface area contributed by atoms with Crippen LogP contribution in [0.4, 0.5) is 11.4 Å². The number of benzene rings is 7. The number of fused-ring (bicyclic) bond motifs is 6. The van der Waals surface area contributed by atoms with Crippen LogP contribution in [-0.2, 0) is 0 Å². The molecule has 0 aliphatic carbocycles. The van der Waals surface area contributed by atoms with Crippen molar-refractivity contribution in [2.45, 2.75) is 0 Å². The van der Waals surface area contributed by atoms with Gasteiger partial charge in [0.1, 0.15) is 0 Å². The summed E-state index contributed by atoms with van der Waals surface area (Å²) in [5, 5.41) is 14.9. The zero-order valence-electron chi connectivity index (χ0n) is 26.7. The van der Waals surface area contributed by atoms with E-state index in [1.165, 1.54) is 10.8 Å². The van der Waals surface area contributed by atoms with E-state index < -0.39 is 0 Å². The molecule has 2 heterocycles. The molecule has 0 bridgehead atoms. The van der Waals surface area contributed by atoms with Crippen LogP contribution in [0.15, 0.2) is 152 Å². The minimum Gasteiger partial charge on any atom is -0.318 e. The van der Waals surface area contributed by atoms with E-state index in [-0.39, 0.29) is 0 Å². The molecule has 7 aromatic carbocycles. The fraction of sp³-hybridized carbons (Fsp3) is 0. The Morgan fingerprint density at radius 3 is 1.66 bits per heavy atom. The van der Waals surface area contributed by atoms with E-state index in [4.69, 9.17) is 13.1 Å². The van der Waals surface area contributed by atoms with Crippen LogP contribution in [0.2, 0.25) is 0 Å². The zero-order valence-corrected chi connectivity index (χ0v) is 26.7. The van der Waals surface area contributed by atoms with Crippen LogP contribution in [0.3, 0.4) is 0 Å². The Hall–Kier alpha value is -7.39. The molecule has 2 aromatic heterocycles. The molecule has 0 radical (unpaired) electrons. The normalized spacial score (nSPS) is 11.1. The van der Waals surface area contributed by atoms with E-state index in [2.05, 4.69) is 91.6 Å². The van der Waals surface area contributed by atoms with Crippen molar-refractivity contribution < 1.29 is 0 Å². The summed E-state index contributed by atoms with van der Waals surface area (Å²) in [6.45, 7) is 15.9. The Morgan fingerprint density at radius 1 is 0.460 bits per heavy atom. The average molecular weight is 636 g/mol. The van der Waals surface area contributed by atoms with Gasteiger partial charge in [0.25, 0.3) is 0 Å². The maximum absolute atomic E-state index is 10.6. The fourth-order valence-corrected chi connectivity index (χ4v) is 7.50. The zero-order chi connectivity index (χ0) is 33.8. The lowest BCUT2D eigenvalue weighted by Crippen LogP contribution is -1.99. The molecule has 0 amide bonds. The largest absolute Gasteiger partial charge is 0.318 e. The average Bonchev–Trinajstić information content (AvgIpc) is 3.69. The van der Waals surface area contributed by atoms with Crippen LogP contribution in [0.5, 0.6) is 0 Å². The van der Waals surface area contributed by atoms with Gasteiger partial charge in [-0.25, -0.2) is 9.69 Å². The van der Waals surface area contributed by atoms with Gasteiger partial charge in [-0.05, 0) is 64.5 Å². The van der Waals surface area contributed by atoms with Crippen molar-refractivity contribution in [3.8, 4) is 39.7 Å². The van der Waals surface area contributed by atoms with E-state index in [1.54, 1.807) is 0 Å². The molecule has 9 aromatic rings. The van der Waals surface area contributed by atoms with Gasteiger partial charge in [0.05, 0.1) is 52.5 Å². The van der Waals surface area contributed by atoms with Gasteiger partial charge in [-0.3, -0.25) is 0 Å². The summed E-state index contributed by atoms with van der Waals surface area (Å²) in [7, 11) is 0. The highest BCUT2D eigenvalue weighted by atomic mass is 15.0. The van der Waals surface area contributed by atoms with Crippen molar-refractivity contribution in [1.82, 2.24) is 9.13 Å². The summed E-state index contributed by atoms with van der Waals surface area (Å²) in [6, 6.07) is 53.1. The number of aromatic nitrogens is 2. The lowest BCUT2D eigenvalue weighted by molar-refractivity contribution is 1.18. The minimum atomic E-state index is 0.511. The molecular formula is C45H25N5. The first-order chi connectivity index (χ1) is 24.7. The van der Waals surface area contributed by atoms with E-state index in [0.717, 1.165) is 66.5 Å². The number of hydrogen-bond acceptors (Lipinski definition) is 1. The maximum atomic E-state index is 10.6. The molecule has 0 unspecified atom stereocenters. The van der Waals surface area contributed by atoms with Crippen LogP contribution >= 0.6 is 0 Å². The first-order valence-corrected chi connectivity index (χ1v) is 16.2. The Balaban J connectivity index is 1.28. The Labute approximate surface area is 288 Å². The molecule has 0 fully saturated rings. The predicted molar refractivity (Wildman–Crippen MR) is 203 cm³/mol. The molecule has 0 aliphatic rings. The topological polar surface area (TPSA) is 42.4 Å². The highest BCUT2D eigenvalue weighted by Crippen LogP contribution is 2.44. The molecule has 0 spiro atoms. The third-order valence-corrected chi connectivity index (χ3v) is 9.61. The monoisotopic (exact) mass is 635 g/mol. The van der Waals surface area contributed by atoms with E-state index in [9.17, 15) is 5.26 Å². The van der Waals surface area contributed by atoms with Gasteiger partial charge in [-0.2, -0.15) is 5.26 Å². The maximum Gasteiger partial charge on any atom is 0.211 e. The van der Waals surface area contributed by atoms with Crippen LogP contribution in [-0.4, -0.2) is 9.13 Å². The van der Waals surface area contributed by atoms with Gasteiger partial charge in [0.15, 0.2) is 5.69 Å². The van der Waals surface area contributed by atoms with Gasteiger partial charge in [0, 0.05) is 27.4 Å². The summed E-state index contributed by atoms with van der Waals surface area (Å²) >= 11 is 0. The molecular weight excluding hydrogens is 611 g/mol. The van der Waals surface area contributed by atoms with Gasteiger partial charge >= 0.3 is 0 Å². The van der Waals surface area contributed by atoms with Gasteiger partial charge < -0.3 is 9.13 Å². The number of para-hydroxylation sites is 4. The standard InChI is InChI=1S/C45H25N5/c1-47-30-22-25-44-39(27-30)37-16-7-10-21-43(37)50(44)45-38(17-11-18-40(45)48-2)34-13-4-3-12-33(34)32-24-23-31(26-29(32)28-46)49-41-19-8-5-14-35(41)36-15-6-9-20-42(36)49/h3-27H. The molecule has 0 aliphatic heterocycles. The molecule has 0 N–H and O–H groups in total. The summed E-state index contributed by atoms with van der Waals surface area (Å²) in [4.78, 5) is 7.70. The molecule has 0 atom stereocenters. The van der Waals surface area contributed by atoms with E-state index in [1.807, 2.05) is 84.9 Å². The molecule has 230 valence electrons. The van der Waals surface area contributed by atoms with Crippen molar-refractivity contribution in [3.63, 3.8) is 0 Å². The summed E-state index contributed by atoms with van der Waals surface area (Å²) in [5.74, 6) is 0. The van der Waals surface area contributed by atoms with Crippen LogP contribution in [0.1, 0.15) is 5.56 Å². The molecule has 5 heteroatoms. The number of rotatable bonds is 4. The van der Waals surface area contributed by atoms with Crippen molar-refractivity contribution >= 4 is 55.0 Å². The Morgan fingerprint density at radius 2 is 1.02 bits per heavy atom. The minimum absolute atomic E-state index is 0.511. The van der Waals surface area contributed by atoms with Crippen molar-refractivity contribution in [2.75, 3.05) is 0 Å². The SMILES string of the molecule is [C-]#[N+]c1ccc2c(c1)c1ccccc1n2-c1c([N+]#[C-])cccc1-c1ccccc1-c1ccc(-n2c3ccccc3c3ccccc32)cc1C#N. The molecule has 0 saturated heterocycles. The summed E-state index contributed by atoms with van der Waals surface area (Å²) < 4.78 is 4.37. The Bertz CT molecular complexity index is 2920. The smallest absolute Gasteiger partial charge is 0.211 e. The van der Waals surface area contributed by atoms with E-state index in [0.29, 0.717) is 16.9 Å². The first kappa shape index (κ1) is 28.8. The van der Waals surface area contributed by atoms with Crippen molar-refractivity contribution in [3.05, 3.63) is 180 Å². The third-order valence-electron chi connectivity index (χ3n) is 9.61. The highest BCUT2D eigenvalue weighted by molar-refractivity contribution is 6.12. The number of hydrogen-bond donors (Lipinski definition) is 0. The lowest BCUT2D eigenvalue weighted by Gasteiger charge is -2.19. The van der Waals surface area contributed by atoms with Gasteiger partial charge in [0.2, 0.25) is 5.69 Å². The highest BCUT2D eigenvalue weighted by Gasteiger charge is 2.22. The lowest BCUT2D eigenvalue weighted by atomic mass is 9.90. The van der Waals surface area contributed by atoms with E-state index >= 15 is 0 Å². The molecule has 0 saturated carbocycles. The summed E-state index contributed by atoms with van der Waals surface area (Å²) in [5.41, 5.74) is 10.9. The second-order valence-corrected chi connectivity index (χ2v) is 12.2. The van der Waals surface area contributed by atoms with Gasteiger partial charge in [-0.1, -0.05) is 109 Å². The number of nitriles is 1. The van der Waals surface area contributed by atoms with Crippen molar-refractivity contribution in [1.29, 1.82) is 5.26 Å². The predicted octanol–water partition coefficient (Wildman–Crippen LogP) is 12.2. The molecule has 50 heavy (non-hydrogen) atoms. The van der Waals surface area contributed by atoms with Gasteiger partial charge in [-0.15, -0.1) is 0 Å². The third kappa shape index (κ3) is 4.24. The van der Waals surface area contributed by atoms with Crippen LogP contribution < -0.4 is 0 Å². The fourth-order valence-electron chi connectivity index (χ4n) is 7.50. The van der Waals surface area contributed by atoms with Crippen molar-refractivity contribution in [2.24, 2.45) is 0 Å². The summed E-state index contributed by atoms with van der Waals surface area (Å²) in [6.07, 6.45) is 0. The van der Waals surface area contributed by atoms with Crippen LogP contribution in [0.25, 0.3) is 86.9 Å². The Kier molecular flexibility index (Phi) is 6.56. The number of nitrogens with zero attached hydrogens (tertiary/aromatic N) is 5. The quantitative estimate of drug-likeness (QED) is 0.177. The first-order valence-electron chi connectivity index (χ1n) is 16.2.